The number of primary amides is 1. The number of aryl methyl sites for hydroxylation is 1. The minimum absolute atomic E-state index is 0.0517. The second-order valence-electron chi connectivity index (χ2n) is 8.21. The van der Waals surface area contributed by atoms with Crippen LogP contribution in [0.25, 0.3) is 0 Å². The fourth-order valence-electron chi connectivity index (χ4n) is 4.19. The van der Waals surface area contributed by atoms with Crippen molar-refractivity contribution < 1.29 is 14.0 Å². The summed E-state index contributed by atoms with van der Waals surface area (Å²) in [6, 6.07) is 10.1. The molecule has 1 unspecified atom stereocenters. The van der Waals surface area contributed by atoms with Crippen molar-refractivity contribution in [3.8, 4) is 0 Å². The molecule has 6 nitrogen and oxygen atoms in total. The number of carbonyl (C=O) groups is 2. The second kappa shape index (κ2) is 9.47. The first kappa shape index (κ1) is 22.7. The molecule has 0 aromatic heterocycles. The molecule has 31 heavy (non-hydrogen) atoms. The van der Waals surface area contributed by atoms with Gasteiger partial charge in [0.25, 0.3) is 0 Å². The van der Waals surface area contributed by atoms with E-state index in [4.69, 9.17) is 5.73 Å². The number of carbonyl (C=O) groups excluding carboxylic acids is 2. The Hall–Kier alpha value is -2.93. The number of hydrogen-bond donors (Lipinski definition) is 3. The molecule has 2 aromatic carbocycles. The molecule has 2 aliphatic rings. The fourth-order valence-corrected chi connectivity index (χ4v) is 4.19. The predicted molar refractivity (Wildman–Crippen MR) is 122 cm³/mol. The summed E-state index contributed by atoms with van der Waals surface area (Å²) in [5.41, 5.74) is 8.11. The first-order valence-electron chi connectivity index (χ1n) is 10.8. The summed E-state index contributed by atoms with van der Waals surface area (Å²) in [6.07, 6.45) is 3.38. The van der Waals surface area contributed by atoms with E-state index in [0.717, 1.165) is 42.7 Å². The predicted octanol–water partition coefficient (Wildman–Crippen LogP) is 4.00. The standard InChI is InChI=1S/C16H22FN3O.C8H9NO/c1-3-18-13-10-11(17)9-12-14(13)19-15(21)16(12,2)20-7-5-4-6-8-20;1-6-2-4-7(5-3-6)8(9)10/h9-10,18H,3-8H2,1-2H3,(H,19,21);2-5H,1H3,(H2,9,10). The number of piperidine rings is 1. The monoisotopic (exact) mass is 426 g/mol. The molecule has 2 aromatic rings. The third-order valence-electron chi connectivity index (χ3n) is 6.00. The van der Waals surface area contributed by atoms with Crippen molar-refractivity contribution in [2.75, 3.05) is 30.3 Å². The first-order chi connectivity index (χ1) is 14.8. The van der Waals surface area contributed by atoms with Crippen LogP contribution in [0.5, 0.6) is 0 Å². The molecule has 2 amide bonds. The van der Waals surface area contributed by atoms with Gasteiger partial charge in [0.15, 0.2) is 0 Å². The smallest absolute Gasteiger partial charge is 0.249 e. The number of likely N-dealkylation sites (tertiary alicyclic amines) is 1. The summed E-state index contributed by atoms with van der Waals surface area (Å²) in [5.74, 6) is -0.728. The van der Waals surface area contributed by atoms with E-state index in [1.54, 1.807) is 12.1 Å². The number of nitrogens with one attached hydrogen (secondary N) is 2. The fraction of sp³-hybridized carbons (Fsp3) is 0.417. The third-order valence-corrected chi connectivity index (χ3v) is 6.00. The molecule has 166 valence electrons. The summed E-state index contributed by atoms with van der Waals surface area (Å²) in [4.78, 5) is 25.3. The van der Waals surface area contributed by atoms with Crippen molar-refractivity contribution in [3.63, 3.8) is 0 Å². The molecule has 1 saturated heterocycles. The third kappa shape index (κ3) is 4.71. The van der Waals surface area contributed by atoms with Gasteiger partial charge in [-0.2, -0.15) is 0 Å². The molecule has 0 radical (unpaired) electrons. The highest BCUT2D eigenvalue weighted by molar-refractivity contribution is 6.08. The van der Waals surface area contributed by atoms with E-state index in [0.29, 0.717) is 17.8 Å². The average Bonchev–Trinajstić information content (AvgIpc) is 3.01. The van der Waals surface area contributed by atoms with Crippen LogP contribution in [0.3, 0.4) is 0 Å². The van der Waals surface area contributed by atoms with Gasteiger partial charge in [-0.15, -0.1) is 0 Å². The minimum atomic E-state index is -0.762. The van der Waals surface area contributed by atoms with Gasteiger partial charge in [0, 0.05) is 17.7 Å². The number of rotatable bonds is 4. The summed E-state index contributed by atoms with van der Waals surface area (Å²) in [7, 11) is 0. The molecule has 2 heterocycles. The molecule has 1 fully saturated rings. The van der Waals surface area contributed by atoms with Crippen molar-refractivity contribution in [1.29, 1.82) is 0 Å². The minimum Gasteiger partial charge on any atom is -0.384 e. The van der Waals surface area contributed by atoms with Crippen molar-refractivity contribution in [2.24, 2.45) is 5.73 Å². The Morgan fingerprint density at radius 3 is 2.42 bits per heavy atom. The maximum absolute atomic E-state index is 14.0. The van der Waals surface area contributed by atoms with Crippen LogP contribution in [0.1, 0.15) is 54.6 Å². The van der Waals surface area contributed by atoms with E-state index in [9.17, 15) is 14.0 Å². The molecule has 0 spiro atoms. The maximum atomic E-state index is 14.0. The Bertz CT molecular complexity index is 955. The van der Waals surface area contributed by atoms with Crippen LogP contribution in [0.15, 0.2) is 36.4 Å². The molecule has 1 atom stereocenters. The molecule has 4 rings (SSSR count). The molecule has 4 N–H and O–H groups in total. The summed E-state index contributed by atoms with van der Waals surface area (Å²) in [6.45, 7) is 8.29. The van der Waals surface area contributed by atoms with Gasteiger partial charge < -0.3 is 16.4 Å². The van der Waals surface area contributed by atoms with Crippen LogP contribution < -0.4 is 16.4 Å². The largest absolute Gasteiger partial charge is 0.384 e. The van der Waals surface area contributed by atoms with Crippen LogP contribution in [-0.2, 0) is 10.3 Å². The lowest BCUT2D eigenvalue weighted by Gasteiger charge is -2.39. The van der Waals surface area contributed by atoms with E-state index in [1.807, 2.05) is 32.9 Å². The Morgan fingerprint density at radius 2 is 1.84 bits per heavy atom. The Kier molecular flexibility index (Phi) is 6.95. The zero-order valence-corrected chi connectivity index (χ0v) is 18.4. The van der Waals surface area contributed by atoms with E-state index < -0.39 is 5.54 Å². The lowest BCUT2D eigenvalue weighted by atomic mass is 9.89. The molecular weight excluding hydrogens is 395 g/mol. The zero-order chi connectivity index (χ0) is 22.6. The van der Waals surface area contributed by atoms with Crippen molar-refractivity contribution >= 4 is 23.2 Å². The average molecular weight is 427 g/mol. The highest BCUT2D eigenvalue weighted by Gasteiger charge is 2.48. The zero-order valence-electron chi connectivity index (χ0n) is 18.4. The highest BCUT2D eigenvalue weighted by Crippen LogP contribution is 2.45. The number of benzene rings is 2. The van der Waals surface area contributed by atoms with E-state index >= 15 is 0 Å². The van der Waals surface area contributed by atoms with E-state index in [2.05, 4.69) is 15.5 Å². The molecule has 7 heteroatoms. The topological polar surface area (TPSA) is 87.5 Å². The number of amides is 2. The van der Waals surface area contributed by atoms with Crippen molar-refractivity contribution in [3.05, 3.63) is 58.9 Å². The summed E-state index contributed by atoms with van der Waals surface area (Å²) in [5, 5.41) is 6.09. The van der Waals surface area contributed by atoms with E-state index in [1.165, 1.54) is 18.6 Å². The number of anilines is 2. The van der Waals surface area contributed by atoms with Crippen LogP contribution in [0.2, 0.25) is 0 Å². The quantitative estimate of drug-likeness (QED) is 0.690. The highest BCUT2D eigenvalue weighted by atomic mass is 19.1. The van der Waals surface area contributed by atoms with Gasteiger partial charge in [-0.25, -0.2) is 4.39 Å². The molecular formula is C24H31FN4O2. The van der Waals surface area contributed by atoms with Crippen LogP contribution in [0, 0.1) is 12.7 Å². The van der Waals surface area contributed by atoms with Crippen LogP contribution >= 0.6 is 0 Å². The summed E-state index contributed by atoms with van der Waals surface area (Å²) >= 11 is 0. The molecule has 0 aliphatic carbocycles. The summed E-state index contributed by atoms with van der Waals surface area (Å²) < 4.78 is 14.0. The van der Waals surface area contributed by atoms with Gasteiger partial charge in [-0.05, 0) is 71.0 Å². The first-order valence-corrected chi connectivity index (χ1v) is 10.8. The van der Waals surface area contributed by atoms with Gasteiger partial charge in [0.2, 0.25) is 11.8 Å². The van der Waals surface area contributed by atoms with Gasteiger partial charge in [-0.3, -0.25) is 14.5 Å². The second-order valence-corrected chi connectivity index (χ2v) is 8.21. The number of nitrogens with two attached hydrogens (primary N) is 1. The maximum Gasteiger partial charge on any atom is 0.249 e. The van der Waals surface area contributed by atoms with Crippen LogP contribution in [0.4, 0.5) is 15.8 Å². The van der Waals surface area contributed by atoms with Crippen molar-refractivity contribution in [1.82, 2.24) is 4.90 Å². The Morgan fingerprint density at radius 1 is 1.19 bits per heavy atom. The lowest BCUT2D eigenvalue weighted by molar-refractivity contribution is -0.127. The van der Waals surface area contributed by atoms with Gasteiger partial charge in [-0.1, -0.05) is 24.1 Å². The van der Waals surface area contributed by atoms with Crippen LogP contribution in [-0.4, -0.2) is 36.3 Å². The number of hydrogen-bond acceptors (Lipinski definition) is 4. The molecule has 0 bridgehead atoms. The lowest BCUT2D eigenvalue weighted by Crippen LogP contribution is -2.50. The molecule has 2 aliphatic heterocycles. The number of nitrogens with zero attached hydrogens (tertiary/aromatic N) is 1. The normalized spacial score (nSPS) is 20.3. The Labute approximate surface area is 183 Å². The Balaban J connectivity index is 0.000000229. The van der Waals surface area contributed by atoms with Gasteiger partial charge in [0.05, 0.1) is 11.4 Å². The molecule has 0 saturated carbocycles. The van der Waals surface area contributed by atoms with Gasteiger partial charge in [0.1, 0.15) is 11.4 Å². The SMILES string of the molecule is CCNc1cc(F)cc2c1NC(=O)C2(C)N1CCCCC1.Cc1ccc(C(N)=O)cc1. The number of halogens is 1. The van der Waals surface area contributed by atoms with E-state index in [-0.39, 0.29) is 17.6 Å². The number of fused-ring (bicyclic) bond motifs is 1. The van der Waals surface area contributed by atoms with Gasteiger partial charge >= 0.3 is 0 Å². The van der Waals surface area contributed by atoms with Crippen molar-refractivity contribution in [2.45, 2.75) is 45.6 Å².